The predicted octanol–water partition coefficient (Wildman–Crippen LogP) is 4.41. The molecule has 1 N–H and O–H groups in total. The van der Waals surface area contributed by atoms with Crippen molar-refractivity contribution in [3.8, 4) is 11.5 Å². The molecule has 0 fully saturated rings. The van der Waals surface area contributed by atoms with Gasteiger partial charge in [0.2, 0.25) is 6.79 Å². The highest BCUT2D eigenvalue weighted by Gasteiger charge is 2.24. The maximum Gasteiger partial charge on any atom is 0.267 e. The summed E-state index contributed by atoms with van der Waals surface area (Å²) in [6.07, 6.45) is 1.29. The molecule has 1 aliphatic heterocycles. The number of amides is 2. The van der Waals surface area contributed by atoms with Gasteiger partial charge in [-0.25, -0.2) is 0 Å². The molecule has 7 heteroatoms. The zero-order valence-corrected chi connectivity index (χ0v) is 20.4. The zero-order valence-electron chi connectivity index (χ0n) is 20.4. The van der Waals surface area contributed by atoms with Crippen LogP contribution in [0.3, 0.4) is 0 Å². The third-order valence-corrected chi connectivity index (χ3v) is 6.75. The number of hydrogen-bond acceptors (Lipinski definition) is 4. The number of ether oxygens (including phenoxy) is 2. The van der Waals surface area contributed by atoms with E-state index in [2.05, 4.69) is 17.4 Å². The Morgan fingerprint density at radius 1 is 0.972 bits per heavy atom. The first-order valence-electron chi connectivity index (χ1n) is 12.0. The number of aryl methyl sites for hydroxylation is 1. The van der Waals surface area contributed by atoms with Gasteiger partial charge >= 0.3 is 0 Å². The molecule has 0 unspecified atom stereocenters. The molecule has 0 spiro atoms. The van der Waals surface area contributed by atoms with Gasteiger partial charge < -0.3 is 24.3 Å². The van der Waals surface area contributed by atoms with Crippen LogP contribution in [0, 0.1) is 0 Å². The molecular weight excluding hydrogens is 454 g/mol. The number of carbonyl (C=O) groups is 2. The number of likely N-dealkylation sites (N-methyl/N-ethyl adjacent to an activating group) is 1. The van der Waals surface area contributed by atoms with Gasteiger partial charge in [0.25, 0.3) is 11.8 Å². The second-order valence-electron chi connectivity index (χ2n) is 9.02. The van der Waals surface area contributed by atoms with Crippen molar-refractivity contribution in [1.29, 1.82) is 0 Å². The van der Waals surface area contributed by atoms with Crippen molar-refractivity contribution in [3.63, 3.8) is 0 Å². The van der Waals surface area contributed by atoms with Crippen LogP contribution in [0.4, 0.5) is 0 Å². The second-order valence-corrected chi connectivity index (χ2v) is 9.02. The first kappa shape index (κ1) is 23.5. The average Bonchev–Trinajstić information content (AvgIpc) is 3.52. The van der Waals surface area contributed by atoms with Crippen LogP contribution in [0.1, 0.15) is 32.8 Å². The summed E-state index contributed by atoms with van der Waals surface area (Å²) in [6.45, 7) is 0.604. The maximum atomic E-state index is 13.4. The Balaban J connectivity index is 1.29. The predicted molar refractivity (Wildman–Crippen MR) is 138 cm³/mol. The molecule has 184 valence electrons. The maximum absolute atomic E-state index is 13.4. The van der Waals surface area contributed by atoms with Crippen molar-refractivity contribution in [2.24, 2.45) is 7.05 Å². The number of nitrogens with one attached hydrogen (secondary N) is 1. The monoisotopic (exact) mass is 483 g/mol. The number of para-hydroxylation sites is 1. The third kappa shape index (κ3) is 4.77. The summed E-state index contributed by atoms with van der Waals surface area (Å²) in [5.41, 5.74) is 3.30. The van der Waals surface area contributed by atoms with Crippen LogP contribution < -0.4 is 14.8 Å². The standard InChI is InChI=1S/C29H29N3O4/c1-31(29(34)22-12-13-26-27(18-22)36-19-35-26)23(16-20-8-4-3-5-9-20)14-15-30-28(33)25-17-21-10-6-7-11-24(21)32(25)2/h3-13,17-18,23H,14-16,19H2,1-2H3,(H,30,33)/t23-/m1/s1. The Morgan fingerprint density at radius 3 is 2.53 bits per heavy atom. The van der Waals surface area contributed by atoms with E-state index in [9.17, 15) is 9.59 Å². The average molecular weight is 484 g/mol. The molecule has 36 heavy (non-hydrogen) atoms. The van der Waals surface area contributed by atoms with Crippen molar-refractivity contribution in [1.82, 2.24) is 14.8 Å². The van der Waals surface area contributed by atoms with Crippen molar-refractivity contribution in [3.05, 3.63) is 95.7 Å². The Hall–Kier alpha value is -4.26. The fraction of sp³-hybridized carbons (Fsp3) is 0.241. The van der Waals surface area contributed by atoms with Gasteiger partial charge in [0.1, 0.15) is 5.69 Å². The largest absolute Gasteiger partial charge is 0.454 e. The van der Waals surface area contributed by atoms with E-state index in [0.717, 1.165) is 16.5 Å². The number of rotatable bonds is 8. The topological polar surface area (TPSA) is 72.8 Å². The lowest BCUT2D eigenvalue weighted by Crippen LogP contribution is -2.41. The van der Waals surface area contributed by atoms with Gasteiger partial charge in [0.15, 0.2) is 11.5 Å². The molecule has 0 radical (unpaired) electrons. The van der Waals surface area contributed by atoms with Gasteiger partial charge in [-0.1, -0.05) is 48.5 Å². The van der Waals surface area contributed by atoms with Crippen LogP contribution in [0.15, 0.2) is 78.9 Å². The number of benzene rings is 3. The Bertz CT molecular complexity index is 1400. The molecule has 0 saturated heterocycles. The molecule has 5 rings (SSSR count). The lowest BCUT2D eigenvalue weighted by molar-refractivity contribution is 0.0722. The highest BCUT2D eigenvalue weighted by molar-refractivity contribution is 5.98. The normalized spacial score (nSPS) is 12.9. The van der Waals surface area contributed by atoms with Gasteiger partial charge in [-0.3, -0.25) is 9.59 Å². The van der Waals surface area contributed by atoms with E-state index in [1.54, 1.807) is 23.1 Å². The first-order chi connectivity index (χ1) is 17.5. The summed E-state index contributed by atoms with van der Waals surface area (Å²) in [4.78, 5) is 28.1. The summed E-state index contributed by atoms with van der Waals surface area (Å²) in [5, 5.41) is 4.08. The number of nitrogens with zero attached hydrogens (tertiary/aromatic N) is 2. The molecule has 0 aliphatic carbocycles. The van der Waals surface area contributed by atoms with Crippen molar-refractivity contribution < 1.29 is 19.1 Å². The minimum atomic E-state index is -0.128. The van der Waals surface area contributed by atoms with Crippen LogP contribution in [-0.2, 0) is 13.5 Å². The van der Waals surface area contributed by atoms with Crippen molar-refractivity contribution >= 4 is 22.7 Å². The number of hydrogen-bond donors (Lipinski definition) is 1. The van der Waals surface area contributed by atoms with Crippen molar-refractivity contribution in [2.45, 2.75) is 18.9 Å². The Labute approximate surface area is 210 Å². The van der Waals surface area contributed by atoms with Gasteiger partial charge in [-0.15, -0.1) is 0 Å². The van der Waals surface area contributed by atoms with Gasteiger partial charge in [0.05, 0.1) is 0 Å². The highest BCUT2D eigenvalue weighted by Crippen LogP contribution is 2.33. The minimum Gasteiger partial charge on any atom is -0.454 e. The van der Waals surface area contributed by atoms with Crippen LogP contribution in [0.25, 0.3) is 10.9 Å². The zero-order chi connectivity index (χ0) is 25.1. The number of carbonyl (C=O) groups excluding carboxylic acids is 2. The summed E-state index contributed by atoms with van der Waals surface area (Å²) in [7, 11) is 3.71. The van der Waals surface area contributed by atoms with Crippen molar-refractivity contribution in [2.75, 3.05) is 20.4 Å². The van der Waals surface area contributed by atoms with Gasteiger partial charge in [-0.05, 0) is 48.7 Å². The summed E-state index contributed by atoms with van der Waals surface area (Å²) in [5.74, 6) is 0.994. The molecule has 3 aromatic carbocycles. The number of fused-ring (bicyclic) bond motifs is 2. The summed E-state index contributed by atoms with van der Waals surface area (Å²) in [6, 6.07) is 25.0. The van der Waals surface area contributed by atoms with Crippen LogP contribution >= 0.6 is 0 Å². The van der Waals surface area contributed by atoms with E-state index in [1.807, 2.05) is 67.2 Å². The second kappa shape index (κ2) is 10.2. The Kier molecular flexibility index (Phi) is 6.62. The molecular formula is C29H29N3O4. The van der Waals surface area contributed by atoms with Crippen LogP contribution in [-0.4, -0.2) is 47.7 Å². The first-order valence-corrected chi connectivity index (χ1v) is 12.0. The van der Waals surface area contributed by atoms with E-state index in [0.29, 0.717) is 42.1 Å². The Morgan fingerprint density at radius 2 is 1.72 bits per heavy atom. The fourth-order valence-corrected chi connectivity index (χ4v) is 4.67. The lowest BCUT2D eigenvalue weighted by Gasteiger charge is -2.29. The molecule has 0 bridgehead atoms. The third-order valence-electron chi connectivity index (χ3n) is 6.75. The van der Waals surface area contributed by atoms with E-state index in [1.165, 1.54) is 0 Å². The van der Waals surface area contributed by atoms with E-state index >= 15 is 0 Å². The highest BCUT2D eigenvalue weighted by atomic mass is 16.7. The van der Waals surface area contributed by atoms with Gasteiger partial charge in [0, 0.05) is 43.1 Å². The van der Waals surface area contributed by atoms with E-state index < -0.39 is 0 Å². The van der Waals surface area contributed by atoms with E-state index in [-0.39, 0.29) is 24.6 Å². The SMILES string of the molecule is CN(C(=O)c1ccc2c(c1)OCO2)[C@H](CCNC(=O)c1cc2ccccc2n1C)Cc1ccccc1. The fourth-order valence-electron chi connectivity index (χ4n) is 4.67. The van der Waals surface area contributed by atoms with Crippen LogP contribution in [0.5, 0.6) is 11.5 Å². The van der Waals surface area contributed by atoms with Crippen LogP contribution in [0.2, 0.25) is 0 Å². The quantitative estimate of drug-likeness (QED) is 0.403. The van der Waals surface area contributed by atoms with Gasteiger partial charge in [-0.2, -0.15) is 0 Å². The smallest absolute Gasteiger partial charge is 0.267 e. The molecule has 0 saturated carbocycles. The summed E-state index contributed by atoms with van der Waals surface area (Å²) < 4.78 is 12.7. The molecule has 7 nitrogen and oxygen atoms in total. The van der Waals surface area contributed by atoms with E-state index in [4.69, 9.17) is 9.47 Å². The lowest BCUT2D eigenvalue weighted by atomic mass is 10.0. The number of aromatic nitrogens is 1. The molecule has 2 amide bonds. The molecule has 1 atom stereocenters. The molecule has 1 aliphatic rings. The summed E-state index contributed by atoms with van der Waals surface area (Å²) >= 11 is 0. The molecule has 4 aromatic rings. The minimum absolute atomic E-state index is 0.103. The molecule has 2 heterocycles. The molecule has 1 aromatic heterocycles.